The van der Waals surface area contributed by atoms with Crippen LogP contribution in [-0.4, -0.2) is 11.6 Å². The number of rotatable bonds is 5. The van der Waals surface area contributed by atoms with Crippen molar-refractivity contribution in [2.45, 2.75) is 13.2 Å². The molecule has 2 rings (SSSR count). The summed E-state index contributed by atoms with van der Waals surface area (Å²) in [5, 5.41) is 5.61. The van der Waals surface area contributed by atoms with Gasteiger partial charge >= 0.3 is 6.61 Å². The zero-order valence-electron chi connectivity index (χ0n) is 9.07. The number of ether oxygens (including phenoxy) is 1. The van der Waals surface area contributed by atoms with Gasteiger partial charge in [-0.05, 0) is 12.1 Å². The summed E-state index contributed by atoms with van der Waals surface area (Å²) in [6.45, 7) is -2.58. The molecule has 0 bridgehead atoms. The minimum Gasteiger partial charge on any atom is -0.432 e. The molecule has 0 aliphatic rings. The first-order valence-electron chi connectivity index (χ1n) is 5.02. The van der Waals surface area contributed by atoms with Crippen molar-refractivity contribution in [1.29, 1.82) is 0 Å². The summed E-state index contributed by atoms with van der Waals surface area (Å²) in [6.07, 6.45) is 1.67. The van der Waals surface area contributed by atoms with Gasteiger partial charge in [-0.15, -0.1) is 11.3 Å². The third kappa shape index (κ3) is 3.36. The SMILES string of the molecule is Fc1cc(NCc2nccs2)ccc1OC(F)F. The fourth-order valence-corrected chi connectivity index (χ4v) is 1.88. The predicted molar refractivity (Wildman–Crippen MR) is 62.5 cm³/mol. The van der Waals surface area contributed by atoms with Gasteiger partial charge in [0, 0.05) is 23.3 Å². The standard InChI is InChI=1S/C11H9F3N2OS/c12-8-5-7(1-2-9(8)17-11(13)14)16-6-10-15-3-4-18-10/h1-5,11,16H,6H2. The quantitative estimate of drug-likeness (QED) is 0.906. The van der Waals surface area contributed by atoms with Crippen LogP contribution in [0.1, 0.15) is 5.01 Å². The predicted octanol–water partition coefficient (Wildman–Crippen LogP) is 3.50. The molecule has 0 saturated heterocycles. The number of alkyl halides is 2. The molecule has 7 heteroatoms. The molecule has 0 fully saturated rings. The van der Waals surface area contributed by atoms with Crippen molar-refractivity contribution in [3.63, 3.8) is 0 Å². The van der Waals surface area contributed by atoms with E-state index in [0.29, 0.717) is 12.2 Å². The lowest BCUT2D eigenvalue weighted by molar-refractivity contribution is -0.0521. The third-order valence-electron chi connectivity index (χ3n) is 2.08. The number of hydrogen-bond donors (Lipinski definition) is 1. The summed E-state index contributed by atoms with van der Waals surface area (Å²) in [7, 11) is 0. The Morgan fingerprint density at radius 1 is 1.39 bits per heavy atom. The molecule has 0 spiro atoms. The maximum atomic E-state index is 13.4. The minimum atomic E-state index is -3.03. The first-order chi connectivity index (χ1) is 8.65. The van der Waals surface area contributed by atoms with Crippen LogP contribution in [0.4, 0.5) is 18.9 Å². The van der Waals surface area contributed by atoms with Gasteiger partial charge < -0.3 is 10.1 Å². The molecule has 18 heavy (non-hydrogen) atoms. The molecule has 0 amide bonds. The van der Waals surface area contributed by atoms with Gasteiger partial charge in [0.25, 0.3) is 0 Å². The lowest BCUT2D eigenvalue weighted by atomic mass is 10.3. The largest absolute Gasteiger partial charge is 0.432 e. The van der Waals surface area contributed by atoms with Gasteiger partial charge in [-0.3, -0.25) is 0 Å². The molecule has 1 aromatic heterocycles. The van der Waals surface area contributed by atoms with E-state index in [2.05, 4.69) is 15.0 Å². The van der Waals surface area contributed by atoms with Gasteiger partial charge in [-0.25, -0.2) is 9.37 Å². The average molecular weight is 274 g/mol. The van der Waals surface area contributed by atoms with Crippen LogP contribution >= 0.6 is 11.3 Å². The summed E-state index contributed by atoms with van der Waals surface area (Å²) in [5.74, 6) is -1.30. The van der Waals surface area contributed by atoms with E-state index < -0.39 is 18.2 Å². The molecule has 0 atom stereocenters. The monoisotopic (exact) mass is 274 g/mol. The van der Waals surface area contributed by atoms with Crippen LogP contribution in [0.25, 0.3) is 0 Å². The Labute approximate surface area is 105 Å². The Morgan fingerprint density at radius 2 is 2.22 bits per heavy atom. The minimum absolute atomic E-state index is 0.451. The normalized spacial score (nSPS) is 10.7. The summed E-state index contributed by atoms with van der Waals surface area (Å²) in [5.41, 5.74) is 0.476. The number of hydrogen-bond acceptors (Lipinski definition) is 4. The van der Waals surface area contributed by atoms with E-state index in [9.17, 15) is 13.2 Å². The van der Waals surface area contributed by atoms with E-state index in [4.69, 9.17) is 0 Å². The lowest BCUT2D eigenvalue weighted by Gasteiger charge is -2.08. The van der Waals surface area contributed by atoms with Gasteiger partial charge in [-0.1, -0.05) is 0 Å². The smallest absolute Gasteiger partial charge is 0.387 e. The number of thiazole rings is 1. The molecule has 0 radical (unpaired) electrons. The van der Waals surface area contributed by atoms with Crippen molar-refractivity contribution in [3.05, 3.63) is 40.6 Å². The molecule has 0 aliphatic carbocycles. The van der Waals surface area contributed by atoms with Crippen LogP contribution in [0.15, 0.2) is 29.8 Å². The van der Waals surface area contributed by atoms with Crippen LogP contribution in [0.5, 0.6) is 5.75 Å². The highest BCUT2D eigenvalue weighted by Gasteiger charge is 2.10. The molecule has 2 aromatic rings. The van der Waals surface area contributed by atoms with Crippen molar-refractivity contribution in [1.82, 2.24) is 4.98 Å². The molecular formula is C11H9F3N2OS. The number of anilines is 1. The number of aromatic nitrogens is 1. The van der Waals surface area contributed by atoms with E-state index >= 15 is 0 Å². The molecule has 1 N–H and O–H groups in total. The first kappa shape index (κ1) is 12.7. The Kier molecular flexibility index (Phi) is 4.03. The molecular weight excluding hydrogens is 265 g/mol. The van der Waals surface area contributed by atoms with E-state index in [1.807, 2.05) is 5.38 Å². The fraction of sp³-hybridized carbons (Fsp3) is 0.182. The average Bonchev–Trinajstić information content (AvgIpc) is 2.82. The highest BCUT2D eigenvalue weighted by molar-refractivity contribution is 7.09. The Hall–Kier alpha value is -1.76. The first-order valence-corrected chi connectivity index (χ1v) is 5.90. The lowest BCUT2D eigenvalue weighted by Crippen LogP contribution is -2.04. The highest BCUT2D eigenvalue weighted by atomic mass is 32.1. The van der Waals surface area contributed by atoms with Gasteiger partial charge in [0.2, 0.25) is 0 Å². The summed E-state index contributed by atoms with van der Waals surface area (Å²) in [6, 6.07) is 3.73. The number of benzene rings is 1. The van der Waals surface area contributed by atoms with E-state index in [1.165, 1.54) is 17.4 Å². The molecule has 3 nitrogen and oxygen atoms in total. The zero-order valence-corrected chi connectivity index (χ0v) is 9.89. The Bertz CT molecular complexity index is 505. The van der Waals surface area contributed by atoms with E-state index in [1.54, 1.807) is 6.20 Å². The maximum absolute atomic E-state index is 13.4. The molecule has 0 saturated carbocycles. The Balaban J connectivity index is 2.00. The van der Waals surface area contributed by atoms with Gasteiger partial charge in [0.05, 0.1) is 6.54 Å². The second kappa shape index (κ2) is 5.72. The van der Waals surface area contributed by atoms with Crippen molar-refractivity contribution in [3.8, 4) is 5.75 Å². The summed E-state index contributed by atoms with van der Waals surface area (Å²) >= 11 is 1.47. The van der Waals surface area contributed by atoms with Crippen molar-refractivity contribution in [2.24, 2.45) is 0 Å². The second-order valence-corrected chi connectivity index (χ2v) is 4.28. The van der Waals surface area contributed by atoms with Crippen LogP contribution in [-0.2, 0) is 6.54 Å². The summed E-state index contributed by atoms with van der Waals surface area (Å²) < 4.78 is 41.2. The third-order valence-corrected chi connectivity index (χ3v) is 2.85. The van der Waals surface area contributed by atoms with Crippen molar-refractivity contribution >= 4 is 17.0 Å². The number of nitrogens with zero attached hydrogens (tertiary/aromatic N) is 1. The van der Waals surface area contributed by atoms with Crippen LogP contribution in [0.3, 0.4) is 0 Å². The zero-order chi connectivity index (χ0) is 13.0. The van der Waals surface area contributed by atoms with Crippen LogP contribution in [0.2, 0.25) is 0 Å². The van der Waals surface area contributed by atoms with Crippen molar-refractivity contribution < 1.29 is 17.9 Å². The second-order valence-electron chi connectivity index (χ2n) is 3.30. The van der Waals surface area contributed by atoms with E-state index in [-0.39, 0.29) is 0 Å². The molecule has 0 unspecified atom stereocenters. The summed E-state index contributed by atoms with van der Waals surface area (Å²) in [4.78, 5) is 4.05. The van der Waals surface area contributed by atoms with Gasteiger partial charge in [0.15, 0.2) is 11.6 Å². The van der Waals surface area contributed by atoms with Crippen molar-refractivity contribution in [2.75, 3.05) is 5.32 Å². The van der Waals surface area contributed by atoms with E-state index in [0.717, 1.165) is 17.1 Å². The van der Waals surface area contributed by atoms with Crippen LogP contribution in [0, 0.1) is 5.82 Å². The number of halogens is 3. The topological polar surface area (TPSA) is 34.2 Å². The highest BCUT2D eigenvalue weighted by Crippen LogP contribution is 2.23. The molecule has 1 heterocycles. The maximum Gasteiger partial charge on any atom is 0.387 e. The van der Waals surface area contributed by atoms with Gasteiger partial charge in [-0.2, -0.15) is 8.78 Å². The molecule has 1 aromatic carbocycles. The molecule has 0 aliphatic heterocycles. The fourth-order valence-electron chi connectivity index (χ4n) is 1.32. The van der Waals surface area contributed by atoms with Gasteiger partial charge in [0.1, 0.15) is 5.01 Å². The number of nitrogens with one attached hydrogen (secondary N) is 1. The molecule has 96 valence electrons. The van der Waals surface area contributed by atoms with Crippen LogP contribution < -0.4 is 10.1 Å². The Morgan fingerprint density at radius 3 is 2.83 bits per heavy atom.